The smallest absolute Gasteiger partial charge is 0.159 e. The molecule has 0 spiro atoms. The summed E-state index contributed by atoms with van der Waals surface area (Å²) in [6, 6.07) is 13.8. The maximum atomic E-state index is 9.00. The number of aryl methyl sites for hydroxylation is 1. The van der Waals surface area contributed by atoms with Crippen LogP contribution in [-0.2, 0) is 0 Å². The molecular formula is C24H23N3. The molecule has 2 rings (SSSR count). The summed E-state index contributed by atoms with van der Waals surface area (Å²) in [5.41, 5.74) is 6.55. The van der Waals surface area contributed by atoms with Gasteiger partial charge < -0.3 is 0 Å². The van der Waals surface area contributed by atoms with Gasteiger partial charge in [0.25, 0.3) is 0 Å². The Kier molecular flexibility index (Phi) is 6.79. The number of allylic oxidation sites excluding steroid dienone is 3. The van der Waals surface area contributed by atoms with E-state index in [0.29, 0.717) is 11.4 Å². The number of hydrogen-bond donors (Lipinski definition) is 0. The standard InChI is InChI=1S/C24H23N3/c1-6-8-9-20(7-2)24(26-5)27-23-17(3)10-15-22(18(23)4)21-13-11-19(16-25)12-14-21/h6-15H,2,5H2,1,3-4H3/b8-6-,20-9+,27-24?. The average molecular weight is 353 g/mol. The molecule has 0 saturated carbocycles. The summed E-state index contributed by atoms with van der Waals surface area (Å²) < 4.78 is 0. The molecule has 0 unspecified atom stereocenters. The number of benzene rings is 2. The average Bonchev–Trinajstić information content (AvgIpc) is 2.70. The summed E-state index contributed by atoms with van der Waals surface area (Å²) in [7, 11) is 0. The summed E-state index contributed by atoms with van der Waals surface area (Å²) >= 11 is 0. The van der Waals surface area contributed by atoms with Gasteiger partial charge in [-0.1, -0.05) is 55.1 Å². The van der Waals surface area contributed by atoms with Crippen LogP contribution < -0.4 is 0 Å². The molecule has 0 saturated heterocycles. The monoisotopic (exact) mass is 353 g/mol. The number of hydrogen-bond acceptors (Lipinski definition) is 2. The minimum atomic E-state index is 0.534. The van der Waals surface area contributed by atoms with Crippen LogP contribution in [0.2, 0.25) is 0 Å². The van der Waals surface area contributed by atoms with Crippen molar-refractivity contribution in [1.82, 2.24) is 0 Å². The SMILES string of the molecule is C=C/C(=C\C=C/C)C(N=C)=Nc1c(C)ccc(-c2ccc(C#N)cc2)c1C. The van der Waals surface area contributed by atoms with E-state index in [1.807, 2.05) is 69.3 Å². The van der Waals surface area contributed by atoms with E-state index in [9.17, 15) is 0 Å². The fourth-order valence-electron chi connectivity index (χ4n) is 2.78. The highest BCUT2D eigenvalue weighted by molar-refractivity contribution is 6.05. The van der Waals surface area contributed by atoms with Crippen molar-refractivity contribution >= 4 is 18.2 Å². The topological polar surface area (TPSA) is 48.5 Å². The normalized spacial score (nSPS) is 12.1. The second-order valence-corrected chi connectivity index (χ2v) is 6.04. The molecule has 0 amide bonds. The molecule has 3 heteroatoms. The van der Waals surface area contributed by atoms with Gasteiger partial charge in [0.1, 0.15) is 0 Å². The molecule has 0 heterocycles. The molecule has 0 atom stereocenters. The van der Waals surface area contributed by atoms with Gasteiger partial charge in [-0.05, 0) is 61.9 Å². The highest BCUT2D eigenvalue weighted by Gasteiger charge is 2.11. The largest absolute Gasteiger partial charge is 0.245 e. The molecular weight excluding hydrogens is 330 g/mol. The molecule has 0 radical (unpaired) electrons. The Bertz CT molecular complexity index is 982. The van der Waals surface area contributed by atoms with Crippen molar-refractivity contribution in [3.05, 3.63) is 89.5 Å². The van der Waals surface area contributed by atoms with Crippen molar-refractivity contribution < 1.29 is 0 Å². The third-order valence-electron chi connectivity index (χ3n) is 4.27. The van der Waals surface area contributed by atoms with Crippen LogP contribution in [0.25, 0.3) is 11.1 Å². The number of aliphatic imine (C=N–C) groups is 2. The van der Waals surface area contributed by atoms with Crippen molar-refractivity contribution in [3.8, 4) is 17.2 Å². The highest BCUT2D eigenvalue weighted by Crippen LogP contribution is 2.33. The lowest BCUT2D eigenvalue weighted by Crippen LogP contribution is -1.97. The van der Waals surface area contributed by atoms with Gasteiger partial charge in [0, 0.05) is 5.57 Å². The first kappa shape index (κ1) is 19.8. The first-order valence-corrected chi connectivity index (χ1v) is 8.67. The third-order valence-corrected chi connectivity index (χ3v) is 4.27. The predicted octanol–water partition coefficient (Wildman–Crippen LogP) is 6.26. The minimum Gasteiger partial charge on any atom is -0.245 e. The van der Waals surface area contributed by atoms with Crippen molar-refractivity contribution in [2.24, 2.45) is 9.98 Å². The molecule has 0 fully saturated rings. The number of amidine groups is 1. The Morgan fingerprint density at radius 1 is 1.11 bits per heavy atom. The second-order valence-electron chi connectivity index (χ2n) is 6.04. The van der Waals surface area contributed by atoms with Crippen molar-refractivity contribution in [3.63, 3.8) is 0 Å². The van der Waals surface area contributed by atoms with Crippen LogP contribution in [0, 0.1) is 25.2 Å². The zero-order valence-corrected chi connectivity index (χ0v) is 16.0. The van der Waals surface area contributed by atoms with Gasteiger partial charge in [-0.15, -0.1) is 0 Å². The van der Waals surface area contributed by atoms with Gasteiger partial charge >= 0.3 is 0 Å². The lowest BCUT2D eigenvalue weighted by molar-refractivity contribution is 1.31. The Balaban J connectivity index is 2.61. The maximum Gasteiger partial charge on any atom is 0.159 e. The maximum absolute atomic E-state index is 9.00. The summed E-state index contributed by atoms with van der Waals surface area (Å²) in [5.74, 6) is 0.534. The Labute approximate surface area is 161 Å². The first-order chi connectivity index (χ1) is 13.0. The van der Waals surface area contributed by atoms with E-state index in [1.165, 1.54) is 0 Å². The van der Waals surface area contributed by atoms with E-state index in [1.54, 1.807) is 6.08 Å². The van der Waals surface area contributed by atoms with Crippen LogP contribution in [-0.4, -0.2) is 12.6 Å². The van der Waals surface area contributed by atoms with Crippen molar-refractivity contribution in [1.29, 1.82) is 5.26 Å². The number of rotatable bonds is 5. The van der Waals surface area contributed by atoms with Crippen LogP contribution >= 0.6 is 0 Å². The molecule has 0 aliphatic heterocycles. The molecule has 3 nitrogen and oxygen atoms in total. The Hall–Kier alpha value is -3.51. The second kappa shape index (κ2) is 9.26. The quantitative estimate of drug-likeness (QED) is 0.355. The van der Waals surface area contributed by atoms with E-state index in [4.69, 9.17) is 10.3 Å². The third kappa shape index (κ3) is 4.56. The van der Waals surface area contributed by atoms with E-state index < -0.39 is 0 Å². The van der Waals surface area contributed by atoms with Crippen molar-refractivity contribution in [2.45, 2.75) is 20.8 Å². The van der Waals surface area contributed by atoms with E-state index in [2.05, 4.69) is 30.4 Å². The van der Waals surface area contributed by atoms with Crippen molar-refractivity contribution in [2.75, 3.05) is 0 Å². The fourth-order valence-corrected chi connectivity index (χ4v) is 2.78. The molecule has 2 aromatic rings. The molecule has 0 aliphatic rings. The molecule has 2 aromatic carbocycles. The summed E-state index contributed by atoms with van der Waals surface area (Å²) in [6.45, 7) is 13.5. The van der Waals surface area contributed by atoms with Crippen LogP contribution in [0.4, 0.5) is 5.69 Å². The lowest BCUT2D eigenvalue weighted by atomic mass is 9.96. The number of nitriles is 1. The Morgan fingerprint density at radius 2 is 1.81 bits per heavy atom. The first-order valence-electron chi connectivity index (χ1n) is 8.67. The van der Waals surface area contributed by atoms with Crippen LogP contribution in [0.5, 0.6) is 0 Å². The zero-order chi connectivity index (χ0) is 19.8. The fraction of sp³-hybridized carbons (Fsp3) is 0.125. The van der Waals surface area contributed by atoms with Crippen LogP contribution in [0.3, 0.4) is 0 Å². The van der Waals surface area contributed by atoms with Gasteiger partial charge in [-0.3, -0.25) is 0 Å². The summed E-state index contributed by atoms with van der Waals surface area (Å²) in [5, 5.41) is 9.00. The lowest BCUT2D eigenvalue weighted by Gasteiger charge is -2.13. The zero-order valence-electron chi connectivity index (χ0n) is 16.0. The Morgan fingerprint density at radius 3 is 2.37 bits per heavy atom. The summed E-state index contributed by atoms with van der Waals surface area (Å²) in [6.07, 6.45) is 7.50. The van der Waals surface area contributed by atoms with Crippen LogP contribution in [0.15, 0.2) is 82.8 Å². The molecule has 134 valence electrons. The molecule has 0 aromatic heterocycles. The highest BCUT2D eigenvalue weighted by atomic mass is 14.9. The number of nitrogens with zero attached hydrogens (tertiary/aromatic N) is 3. The molecule has 0 bridgehead atoms. The van der Waals surface area contributed by atoms with Gasteiger partial charge in [0.05, 0.1) is 17.3 Å². The van der Waals surface area contributed by atoms with E-state index >= 15 is 0 Å². The summed E-state index contributed by atoms with van der Waals surface area (Å²) in [4.78, 5) is 8.89. The van der Waals surface area contributed by atoms with Gasteiger partial charge in [0.2, 0.25) is 0 Å². The molecule has 27 heavy (non-hydrogen) atoms. The minimum absolute atomic E-state index is 0.534. The predicted molar refractivity (Wildman–Crippen MR) is 116 cm³/mol. The van der Waals surface area contributed by atoms with E-state index in [0.717, 1.165) is 33.5 Å². The van der Waals surface area contributed by atoms with Gasteiger partial charge in [0.15, 0.2) is 5.84 Å². The van der Waals surface area contributed by atoms with Gasteiger partial charge in [-0.2, -0.15) is 5.26 Å². The molecule has 0 aliphatic carbocycles. The van der Waals surface area contributed by atoms with E-state index in [-0.39, 0.29) is 0 Å². The molecule has 0 N–H and O–H groups in total. The van der Waals surface area contributed by atoms with Crippen LogP contribution in [0.1, 0.15) is 23.6 Å². The van der Waals surface area contributed by atoms with Gasteiger partial charge in [-0.25, -0.2) is 9.98 Å².